The molecule has 1 atom stereocenters. The number of nitrogens with zero attached hydrogens (tertiary/aromatic N) is 2. The third-order valence-corrected chi connectivity index (χ3v) is 4.78. The lowest BCUT2D eigenvalue weighted by Crippen LogP contribution is -2.31. The van der Waals surface area contributed by atoms with E-state index < -0.39 is 0 Å². The minimum atomic E-state index is -0.349. The Morgan fingerprint density at radius 1 is 1.18 bits per heavy atom. The van der Waals surface area contributed by atoms with Crippen LogP contribution in [0.1, 0.15) is 33.8 Å². The fraction of sp³-hybridized carbons (Fsp3) is 0.174. The first kappa shape index (κ1) is 19.2. The number of nitriles is 1. The molecule has 0 saturated carbocycles. The van der Waals surface area contributed by atoms with Gasteiger partial charge in [-0.3, -0.25) is 4.79 Å². The van der Waals surface area contributed by atoms with Gasteiger partial charge in [-0.15, -0.1) is 0 Å². The predicted molar refractivity (Wildman–Crippen MR) is 105 cm³/mol. The number of benzene rings is 3. The number of likely N-dealkylation sites (N-methyl/N-ethyl adjacent to an activating group) is 1. The molecule has 0 aliphatic heterocycles. The van der Waals surface area contributed by atoms with E-state index in [0.29, 0.717) is 17.7 Å². The van der Waals surface area contributed by atoms with E-state index >= 15 is 0 Å². The van der Waals surface area contributed by atoms with E-state index in [1.807, 2.05) is 24.3 Å². The summed E-state index contributed by atoms with van der Waals surface area (Å²) >= 11 is 0. The van der Waals surface area contributed by atoms with Crippen molar-refractivity contribution in [3.63, 3.8) is 0 Å². The van der Waals surface area contributed by atoms with Crippen molar-refractivity contribution in [3.05, 3.63) is 83.2 Å². The van der Waals surface area contributed by atoms with E-state index in [9.17, 15) is 19.2 Å². The summed E-state index contributed by atoms with van der Waals surface area (Å²) in [5, 5.41) is 10.9. The quantitative estimate of drug-likeness (QED) is 0.605. The summed E-state index contributed by atoms with van der Waals surface area (Å²) in [5.74, 6) is -0.818. The number of amides is 1. The second-order valence-electron chi connectivity index (χ2n) is 6.69. The van der Waals surface area contributed by atoms with Gasteiger partial charge in [0, 0.05) is 31.5 Å². The normalized spacial score (nSPS) is 11.6. The van der Waals surface area contributed by atoms with Gasteiger partial charge in [-0.1, -0.05) is 36.4 Å². The van der Waals surface area contributed by atoms with E-state index in [4.69, 9.17) is 0 Å². The van der Waals surface area contributed by atoms with Gasteiger partial charge in [0.15, 0.2) is 0 Å². The van der Waals surface area contributed by atoms with Gasteiger partial charge >= 0.3 is 0 Å². The molecule has 0 aromatic heterocycles. The highest BCUT2D eigenvalue weighted by Crippen LogP contribution is 2.25. The smallest absolute Gasteiger partial charge is 0.254 e. The predicted octanol–water partition coefficient (Wildman–Crippen LogP) is 4.30. The Kier molecular flexibility index (Phi) is 5.81. The van der Waals surface area contributed by atoms with Crippen LogP contribution in [0.3, 0.4) is 0 Å². The average molecular weight is 374 g/mol. The van der Waals surface area contributed by atoms with Crippen LogP contribution in [0.5, 0.6) is 0 Å². The maximum Gasteiger partial charge on any atom is 0.254 e. The second-order valence-corrected chi connectivity index (χ2v) is 6.69. The maximum absolute atomic E-state index is 13.2. The summed E-state index contributed by atoms with van der Waals surface area (Å²) in [4.78, 5) is 25.8. The van der Waals surface area contributed by atoms with Crippen LogP contribution in [0.25, 0.3) is 10.8 Å². The van der Waals surface area contributed by atoms with Crippen molar-refractivity contribution in [3.8, 4) is 6.07 Å². The first-order chi connectivity index (χ1) is 13.5. The Labute approximate surface area is 162 Å². The lowest BCUT2D eigenvalue weighted by molar-refractivity contribution is -0.108. The molecule has 28 heavy (non-hydrogen) atoms. The molecule has 3 aromatic rings. The van der Waals surface area contributed by atoms with Gasteiger partial charge in [0.2, 0.25) is 0 Å². The van der Waals surface area contributed by atoms with Crippen LogP contribution in [-0.4, -0.2) is 30.7 Å². The molecule has 140 valence electrons. The largest absolute Gasteiger partial charge is 0.341 e. The number of hydrogen-bond donors (Lipinski definition) is 0. The van der Waals surface area contributed by atoms with Gasteiger partial charge in [-0.25, -0.2) is 4.39 Å². The Morgan fingerprint density at radius 3 is 2.57 bits per heavy atom. The molecule has 0 spiro atoms. The minimum absolute atomic E-state index is 0.224. The molecule has 3 rings (SSSR count). The van der Waals surface area contributed by atoms with E-state index in [1.165, 1.54) is 12.1 Å². The Bertz CT molecular complexity index is 1050. The highest BCUT2D eigenvalue weighted by atomic mass is 19.1. The molecule has 1 amide bonds. The first-order valence-electron chi connectivity index (χ1n) is 8.91. The number of halogens is 1. The molecule has 0 N–H and O–H groups in total. The molecule has 0 heterocycles. The number of hydrogen-bond acceptors (Lipinski definition) is 3. The molecular weight excluding hydrogens is 355 g/mol. The molecule has 0 bridgehead atoms. The van der Waals surface area contributed by atoms with Crippen LogP contribution in [-0.2, 0) is 4.79 Å². The van der Waals surface area contributed by atoms with Gasteiger partial charge in [0.1, 0.15) is 12.1 Å². The van der Waals surface area contributed by atoms with Crippen molar-refractivity contribution < 1.29 is 14.0 Å². The Balaban J connectivity index is 1.91. The van der Waals surface area contributed by atoms with Crippen molar-refractivity contribution in [2.75, 3.05) is 13.6 Å². The molecule has 0 aliphatic rings. The average Bonchev–Trinajstić information content (AvgIpc) is 2.72. The summed E-state index contributed by atoms with van der Waals surface area (Å²) in [5.41, 5.74) is 1.66. The standard InChI is InChI=1S/C23H19FN2O2/c1-26(15-19(10-11-27)17-6-8-20(24)9-7-17)23(28)22-13-16(14-25)12-18-4-2-3-5-21(18)22/h2-9,11-13,19H,10,15H2,1H3. The van der Waals surface area contributed by atoms with Crippen molar-refractivity contribution in [1.29, 1.82) is 5.26 Å². The van der Waals surface area contributed by atoms with Crippen LogP contribution in [0.15, 0.2) is 60.7 Å². The van der Waals surface area contributed by atoms with Gasteiger partial charge in [-0.05, 0) is 40.6 Å². The van der Waals surface area contributed by atoms with Crippen LogP contribution in [0.4, 0.5) is 4.39 Å². The van der Waals surface area contributed by atoms with Crippen molar-refractivity contribution in [2.24, 2.45) is 0 Å². The topological polar surface area (TPSA) is 61.2 Å². The number of carbonyl (C=O) groups excluding carboxylic acids is 2. The van der Waals surface area contributed by atoms with Crippen molar-refractivity contribution in [1.82, 2.24) is 4.90 Å². The number of aldehydes is 1. The van der Waals surface area contributed by atoms with Crippen LogP contribution < -0.4 is 0 Å². The SMILES string of the molecule is CN(CC(CC=O)c1ccc(F)cc1)C(=O)c1cc(C#N)cc2ccccc12. The summed E-state index contributed by atoms with van der Waals surface area (Å²) in [6.07, 6.45) is 1.03. The molecule has 0 radical (unpaired) electrons. The van der Waals surface area contributed by atoms with Crippen LogP contribution >= 0.6 is 0 Å². The van der Waals surface area contributed by atoms with E-state index in [1.54, 1.807) is 36.2 Å². The lowest BCUT2D eigenvalue weighted by atomic mass is 9.95. The lowest BCUT2D eigenvalue weighted by Gasteiger charge is -2.24. The molecule has 0 fully saturated rings. The van der Waals surface area contributed by atoms with Crippen LogP contribution in [0, 0.1) is 17.1 Å². The number of fused-ring (bicyclic) bond motifs is 1. The zero-order valence-electron chi connectivity index (χ0n) is 15.4. The third-order valence-electron chi connectivity index (χ3n) is 4.78. The molecule has 0 aliphatic carbocycles. The summed E-state index contributed by atoms with van der Waals surface area (Å²) in [6.45, 7) is 0.300. The Hall–Kier alpha value is -3.52. The zero-order valence-corrected chi connectivity index (χ0v) is 15.4. The van der Waals surface area contributed by atoms with Gasteiger partial charge in [0.25, 0.3) is 5.91 Å². The molecular formula is C23H19FN2O2. The van der Waals surface area contributed by atoms with Gasteiger partial charge < -0.3 is 9.69 Å². The molecule has 1 unspecified atom stereocenters. The highest BCUT2D eigenvalue weighted by molar-refractivity contribution is 6.07. The monoisotopic (exact) mass is 374 g/mol. The highest BCUT2D eigenvalue weighted by Gasteiger charge is 2.20. The number of rotatable bonds is 6. The molecule has 5 heteroatoms. The summed E-state index contributed by atoms with van der Waals surface area (Å²) in [7, 11) is 1.66. The van der Waals surface area contributed by atoms with Crippen molar-refractivity contribution >= 4 is 23.0 Å². The Morgan fingerprint density at radius 2 is 1.89 bits per heavy atom. The summed E-state index contributed by atoms with van der Waals surface area (Å²) in [6, 6.07) is 18.8. The fourth-order valence-corrected chi connectivity index (χ4v) is 3.34. The van der Waals surface area contributed by atoms with Crippen LogP contribution in [0.2, 0.25) is 0 Å². The van der Waals surface area contributed by atoms with Gasteiger partial charge in [0.05, 0.1) is 11.6 Å². The van der Waals surface area contributed by atoms with Gasteiger partial charge in [-0.2, -0.15) is 5.26 Å². The fourth-order valence-electron chi connectivity index (χ4n) is 3.34. The first-order valence-corrected chi connectivity index (χ1v) is 8.91. The maximum atomic E-state index is 13.2. The van der Waals surface area contributed by atoms with E-state index in [2.05, 4.69) is 6.07 Å². The zero-order chi connectivity index (χ0) is 20.1. The molecule has 3 aromatic carbocycles. The minimum Gasteiger partial charge on any atom is -0.341 e. The van der Waals surface area contributed by atoms with Crippen molar-refractivity contribution in [2.45, 2.75) is 12.3 Å². The molecule has 0 saturated heterocycles. The molecule has 4 nitrogen and oxygen atoms in total. The third kappa shape index (κ3) is 4.07. The summed E-state index contributed by atoms with van der Waals surface area (Å²) < 4.78 is 13.2. The van der Waals surface area contributed by atoms with E-state index in [-0.39, 0.29) is 24.1 Å². The number of carbonyl (C=O) groups is 2. The second kappa shape index (κ2) is 8.45. The van der Waals surface area contributed by atoms with E-state index in [0.717, 1.165) is 22.6 Å².